The van der Waals surface area contributed by atoms with Crippen LogP contribution >= 0.6 is 0 Å². The maximum Gasteiger partial charge on any atom is 0.425 e. The van der Waals surface area contributed by atoms with Gasteiger partial charge in [-0.05, 0) is 19.8 Å². The van der Waals surface area contributed by atoms with Gasteiger partial charge in [-0.25, -0.2) is 9.78 Å². The molecule has 3 N–H and O–H groups in total. The number of ether oxygens (including phenoxy) is 1. The van der Waals surface area contributed by atoms with Crippen molar-refractivity contribution in [3.05, 3.63) is 24.0 Å². The van der Waals surface area contributed by atoms with Crippen LogP contribution in [0.25, 0.3) is 0 Å². The van der Waals surface area contributed by atoms with Crippen molar-refractivity contribution in [3.63, 3.8) is 0 Å². The van der Waals surface area contributed by atoms with Crippen LogP contribution in [0.3, 0.4) is 0 Å². The number of amides is 1. The molecule has 0 radical (unpaired) electrons. The molecule has 0 saturated carbocycles. The number of carbonyl (C=O) groups is 1. The van der Waals surface area contributed by atoms with Gasteiger partial charge in [-0.1, -0.05) is 6.92 Å². The first-order valence-electron chi connectivity index (χ1n) is 9.02. The smallest absolute Gasteiger partial charge is 0.425 e. The highest BCUT2D eigenvalue weighted by Crippen LogP contribution is 2.25. The number of aryl methyl sites for hydroxylation is 1. The van der Waals surface area contributed by atoms with Gasteiger partial charge in [0.05, 0.1) is 12.2 Å². The molecule has 1 saturated heterocycles. The molecule has 0 spiro atoms. The van der Waals surface area contributed by atoms with Gasteiger partial charge < -0.3 is 20.3 Å². The Morgan fingerprint density at radius 3 is 2.79 bits per heavy atom. The third kappa shape index (κ3) is 5.27. The van der Waals surface area contributed by atoms with Crippen molar-refractivity contribution in [2.45, 2.75) is 39.1 Å². The molecule has 29 heavy (non-hydrogen) atoms. The lowest BCUT2D eigenvalue weighted by Gasteiger charge is -2.20. The highest BCUT2D eigenvalue weighted by atomic mass is 19.4. The molecule has 0 unspecified atom stereocenters. The van der Waals surface area contributed by atoms with Crippen LogP contribution in [0.2, 0.25) is 0 Å². The number of alkyl halides is 3. The molecule has 12 heteroatoms. The van der Waals surface area contributed by atoms with Gasteiger partial charge in [0.1, 0.15) is 11.6 Å². The predicted octanol–water partition coefficient (Wildman–Crippen LogP) is 2.75. The summed E-state index contributed by atoms with van der Waals surface area (Å²) in [4.78, 5) is 22.6. The lowest BCUT2D eigenvalue weighted by Crippen LogP contribution is -2.43. The predicted molar refractivity (Wildman–Crippen MR) is 98.9 cm³/mol. The van der Waals surface area contributed by atoms with Crippen LogP contribution in [-0.4, -0.2) is 57.7 Å². The minimum absolute atomic E-state index is 0.0307. The van der Waals surface area contributed by atoms with E-state index >= 15 is 0 Å². The largest absolute Gasteiger partial charge is 0.437 e. The van der Waals surface area contributed by atoms with E-state index in [-0.39, 0.29) is 5.92 Å². The number of carbonyl (C=O) groups excluding carboxylic acids is 1. The summed E-state index contributed by atoms with van der Waals surface area (Å²) in [6, 6.07) is 3.13. The van der Waals surface area contributed by atoms with E-state index in [0.717, 1.165) is 12.6 Å². The third-order valence-corrected chi connectivity index (χ3v) is 4.55. The van der Waals surface area contributed by atoms with Gasteiger partial charge in [-0.2, -0.15) is 23.3 Å². The van der Waals surface area contributed by atoms with Crippen LogP contribution in [0, 0.1) is 12.8 Å². The topological polar surface area (TPSA) is 108 Å². The van der Waals surface area contributed by atoms with Crippen molar-refractivity contribution in [1.82, 2.24) is 25.5 Å². The van der Waals surface area contributed by atoms with E-state index in [0.29, 0.717) is 30.7 Å². The molecule has 158 valence electrons. The fourth-order valence-corrected chi connectivity index (χ4v) is 2.95. The number of alkyl carbamates (subject to hydrolysis) is 1. The first kappa shape index (κ1) is 20.7. The Kier molecular flexibility index (Phi) is 5.80. The molecular weight excluding hydrogens is 391 g/mol. The minimum atomic E-state index is -4.60. The van der Waals surface area contributed by atoms with Crippen molar-refractivity contribution in [2.24, 2.45) is 5.92 Å². The molecule has 0 aliphatic carbocycles. The third-order valence-electron chi connectivity index (χ3n) is 4.55. The summed E-state index contributed by atoms with van der Waals surface area (Å²) < 4.78 is 42.1. The van der Waals surface area contributed by atoms with Crippen LogP contribution in [0.1, 0.15) is 19.5 Å². The van der Waals surface area contributed by atoms with Crippen LogP contribution in [-0.2, 0) is 4.74 Å². The summed E-state index contributed by atoms with van der Waals surface area (Å²) in [5.41, 5.74) is 0.736. The Balaban J connectivity index is 1.64. The van der Waals surface area contributed by atoms with Gasteiger partial charge in [0.25, 0.3) is 0 Å². The van der Waals surface area contributed by atoms with E-state index < -0.39 is 24.4 Å². The zero-order valence-corrected chi connectivity index (χ0v) is 16.1. The minimum Gasteiger partial charge on any atom is -0.437 e. The Morgan fingerprint density at radius 1 is 1.38 bits per heavy atom. The number of hydrogen-bond acceptors (Lipinski definition) is 7. The molecule has 3 rings (SSSR count). The monoisotopic (exact) mass is 413 g/mol. The molecule has 0 bridgehead atoms. The highest BCUT2D eigenvalue weighted by molar-refractivity contribution is 5.68. The van der Waals surface area contributed by atoms with Gasteiger partial charge in [0.15, 0.2) is 6.10 Å². The molecular formula is C17H22F3N7O2. The molecule has 2 aromatic rings. The second-order valence-corrected chi connectivity index (χ2v) is 7.01. The van der Waals surface area contributed by atoms with Crippen molar-refractivity contribution < 1.29 is 22.7 Å². The molecule has 1 aliphatic heterocycles. The first-order valence-corrected chi connectivity index (χ1v) is 9.02. The van der Waals surface area contributed by atoms with E-state index in [4.69, 9.17) is 0 Å². The second kappa shape index (κ2) is 8.13. The number of rotatable bonds is 5. The van der Waals surface area contributed by atoms with E-state index in [9.17, 15) is 18.0 Å². The van der Waals surface area contributed by atoms with Crippen LogP contribution < -0.4 is 15.5 Å². The fourth-order valence-electron chi connectivity index (χ4n) is 2.95. The SMILES string of the molecule is Cc1cc(Nc2ccn[nH]2)nc(N2C[C@@H](C)[C@@H](NC(=O)O[C@@H](C)C(F)(F)F)C2)n1. The Bertz CT molecular complexity index is 844. The Hall–Kier alpha value is -3.05. The number of nitrogens with zero attached hydrogens (tertiary/aromatic N) is 4. The van der Waals surface area contributed by atoms with E-state index in [1.807, 2.05) is 18.7 Å². The van der Waals surface area contributed by atoms with Crippen LogP contribution in [0.4, 0.5) is 35.5 Å². The lowest BCUT2D eigenvalue weighted by atomic mass is 10.1. The summed E-state index contributed by atoms with van der Waals surface area (Å²) in [5.74, 6) is 1.67. The summed E-state index contributed by atoms with van der Waals surface area (Å²) in [6.07, 6.45) is -6.26. The van der Waals surface area contributed by atoms with Gasteiger partial charge in [-0.3, -0.25) is 5.10 Å². The fraction of sp³-hybridized carbons (Fsp3) is 0.529. The van der Waals surface area contributed by atoms with E-state index in [1.54, 1.807) is 18.3 Å². The molecule has 0 aromatic carbocycles. The Labute approximate surface area is 165 Å². The quantitative estimate of drug-likeness (QED) is 0.692. The normalized spacial score (nSPS) is 20.4. The number of anilines is 3. The molecule has 1 fully saturated rings. The van der Waals surface area contributed by atoms with Crippen molar-refractivity contribution in [1.29, 1.82) is 0 Å². The van der Waals surface area contributed by atoms with Crippen LogP contribution in [0.5, 0.6) is 0 Å². The number of nitrogens with one attached hydrogen (secondary N) is 3. The average Bonchev–Trinajstić information content (AvgIpc) is 3.24. The molecule has 1 aliphatic rings. The van der Waals surface area contributed by atoms with Crippen molar-refractivity contribution in [3.8, 4) is 0 Å². The standard InChI is InChI=1S/C17H22F3N7O2/c1-9-7-27(8-12(9)23-16(28)29-11(3)17(18,19)20)15-22-10(2)6-14(25-15)24-13-4-5-21-26-13/h4-6,9,11-12H,7-8H2,1-3H3,(H,23,28)(H2,21,22,24,25,26)/t9-,11+,12+/m1/s1. The lowest BCUT2D eigenvalue weighted by molar-refractivity contribution is -0.197. The zero-order chi connectivity index (χ0) is 21.2. The van der Waals surface area contributed by atoms with Crippen molar-refractivity contribution in [2.75, 3.05) is 23.3 Å². The van der Waals surface area contributed by atoms with E-state index in [1.165, 1.54) is 0 Å². The maximum atomic E-state index is 12.6. The first-order chi connectivity index (χ1) is 13.6. The number of hydrogen-bond donors (Lipinski definition) is 3. The molecule has 9 nitrogen and oxygen atoms in total. The number of halogens is 3. The highest BCUT2D eigenvalue weighted by Gasteiger charge is 2.40. The van der Waals surface area contributed by atoms with Gasteiger partial charge in [0.2, 0.25) is 5.95 Å². The number of aromatic nitrogens is 4. The van der Waals surface area contributed by atoms with Crippen LogP contribution in [0.15, 0.2) is 18.3 Å². The molecule has 3 atom stereocenters. The summed E-state index contributed by atoms with van der Waals surface area (Å²) in [7, 11) is 0. The number of aromatic amines is 1. The zero-order valence-electron chi connectivity index (χ0n) is 16.1. The van der Waals surface area contributed by atoms with Gasteiger partial charge in [-0.15, -0.1) is 0 Å². The Morgan fingerprint density at radius 2 is 2.14 bits per heavy atom. The summed E-state index contributed by atoms with van der Waals surface area (Å²) in [6.45, 7) is 5.39. The molecule has 2 aromatic heterocycles. The average molecular weight is 413 g/mol. The molecule has 1 amide bonds. The molecule has 3 heterocycles. The van der Waals surface area contributed by atoms with E-state index in [2.05, 4.69) is 35.5 Å². The van der Waals surface area contributed by atoms with Gasteiger partial charge >= 0.3 is 12.3 Å². The summed E-state index contributed by atoms with van der Waals surface area (Å²) >= 11 is 0. The maximum absolute atomic E-state index is 12.6. The summed E-state index contributed by atoms with van der Waals surface area (Å²) in [5, 5.41) is 12.2. The van der Waals surface area contributed by atoms with Crippen molar-refractivity contribution >= 4 is 23.7 Å². The van der Waals surface area contributed by atoms with Gasteiger partial charge in [0, 0.05) is 30.9 Å². The number of H-pyrrole nitrogens is 1. The second-order valence-electron chi connectivity index (χ2n) is 7.01.